The van der Waals surface area contributed by atoms with Gasteiger partial charge >= 0.3 is 13.3 Å². The minimum absolute atomic E-state index is 0.176. The molecule has 0 saturated heterocycles. The van der Waals surface area contributed by atoms with Crippen molar-refractivity contribution in [1.82, 2.24) is 0 Å². The van der Waals surface area contributed by atoms with Crippen molar-refractivity contribution in [3.8, 4) is 0 Å². The molecule has 0 aliphatic rings. The van der Waals surface area contributed by atoms with Crippen molar-refractivity contribution in [1.29, 1.82) is 0 Å². The second kappa shape index (κ2) is 9.49. The summed E-state index contributed by atoms with van der Waals surface area (Å²) in [7, 11) is -1.80. The fraction of sp³-hybridized carbons (Fsp3) is 0.381. The molecule has 2 aromatic carbocycles. The van der Waals surface area contributed by atoms with Gasteiger partial charge in [0.05, 0.1) is 5.56 Å². The molecule has 2 rings (SSSR count). The summed E-state index contributed by atoms with van der Waals surface area (Å²) < 4.78 is 12.3. The molecular formula is C21H26O2P+. The molecular weight excluding hydrogens is 315 g/mol. The Morgan fingerprint density at radius 1 is 0.833 bits per heavy atom. The largest absolute Gasteiger partial charge is 0.420 e. The van der Waals surface area contributed by atoms with Crippen molar-refractivity contribution >= 4 is 13.3 Å². The van der Waals surface area contributed by atoms with E-state index in [4.69, 9.17) is 0 Å². The Bertz CT molecular complexity index is 672. The average Bonchev–Trinajstić information content (AvgIpc) is 2.58. The number of unbranched alkanes of at least 4 members (excludes halogenated alkanes) is 3. The first-order valence-electron chi connectivity index (χ1n) is 8.68. The van der Waals surface area contributed by atoms with Gasteiger partial charge in [0.25, 0.3) is 0 Å². The van der Waals surface area contributed by atoms with Gasteiger partial charge in [0, 0.05) is 0 Å². The van der Waals surface area contributed by atoms with E-state index in [9.17, 15) is 9.36 Å². The molecule has 2 aromatic rings. The maximum absolute atomic E-state index is 12.4. The van der Waals surface area contributed by atoms with E-state index < -0.39 is 7.80 Å². The minimum atomic E-state index is -1.80. The predicted molar refractivity (Wildman–Crippen MR) is 101 cm³/mol. The van der Waals surface area contributed by atoms with Crippen molar-refractivity contribution in [2.75, 3.05) is 6.16 Å². The van der Waals surface area contributed by atoms with Crippen molar-refractivity contribution in [2.45, 2.75) is 46.0 Å². The maximum atomic E-state index is 12.4. The lowest BCUT2D eigenvalue weighted by Gasteiger charge is -2.02. The number of hydrogen-bond donors (Lipinski definition) is 0. The van der Waals surface area contributed by atoms with E-state index >= 15 is 0 Å². The Balaban J connectivity index is 1.70. The smallest absolute Gasteiger partial charge is 0.234 e. The molecule has 0 radical (unpaired) electrons. The Kier molecular flexibility index (Phi) is 7.34. The molecule has 0 heterocycles. The SMILES string of the molecule is Cc1cccc(C)c1C(=O)[P+](=O)CCCCCCc1ccccc1. The average molecular weight is 341 g/mol. The van der Waals surface area contributed by atoms with Gasteiger partial charge in [0.15, 0.2) is 6.16 Å². The number of rotatable bonds is 9. The first-order valence-corrected chi connectivity index (χ1v) is 10.1. The highest BCUT2D eigenvalue weighted by Crippen LogP contribution is 2.31. The number of aryl methyl sites for hydroxylation is 3. The highest BCUT2D eigenvalue weighted by molar-refractivity contribution is 7.64. The van der Waals surface area contributed by atoms with E-state index in [1.807, 2.05) is 38.1 Å². The normalized spacial score (nSPS) is 11.3. The molecule has 3 heteroatoms. The summed E-state index contributed by atoms with van der Waals surface area (Å²) in [5.74, 6) is 0. The van der Waals surface area contributed by atoms with Gasteiger partial charge in [-0.25, -0.2) is 4.79 Å². The minimum Gasteiger partial charge on any atom is -0.234 e. The van der Waals surface area contributed by atoms with Gasteiger partial charge in [-0.15, -0.1) is 0 Å². The second-order valence-corrected chi connectivity index (χ2v) is 7.93. The molecule has 0 fully saturated rings. The fourth-order valence-electron chi connectivity index (χ4n) is 2.96. The number of hydrogen-bond acceptors (Lipinski definition) is 2. The lowest BCUT2D eigenvalue weighted by Crippen LogP contribution is -2.01. The third kappa shape index (κ3) is 5.39. The molecule has 0 aliphatic heterocycles. The lowest BCUT2D eigenvalue weighted by molar-refractivity contribution is 0.107. The first-order chi connectivity index (χ1) is 11.6. The van der Waals surface area contributed by atoms with Crippen molar-refractivity contribution in [3.63, 3.8) is 0 Å². The van der Waals surface area contributed by atoms with Crippen LogP contribution < -0.4 is 0 Å². The van der Waals surface area contributed by atoms with E-state index in [1.165, 1.54) is 5.56 Å². The molecule has 0 bridgehead atoms. The molecule has 0 aromatic heterocycles. The Labute approximate surface area is 146 Å². The topological polar surface area (TPSA) is 34.1 Å². The predicted octanol–water partition coefficient (Wildman–Crippen LogP) is 6.07. The summed E-state index contributed by atoms with van der Waals surface area (Å²) in [6, 6.07) is 16.2. The Morgan fingerprint density at radius 3 is 2.12 bits per heavy atom. The Hall–Kier alpha value is -1.79. The van der Waals surface area contributed by atoms with Gasteiger partial charge in [0.2, 0.25) is 0 Å². The molecule has 2 nitrogen and oxygen atoms in total. The summed E-state index contributed by atoms with van der Waals surface area (Å²) in [5.41, 5.74) is 3.69. The summed E-state index contributed by atoms with van der Waals surface area (Å²) in [6.45, 7) is 3.82. The van der Waals surface area contributed by atoms with Gasteiger partial charge < -0.3 is 0 Å². The van der Waals surface area contributed by atoms with Crippen LogP contribution >= 0.6 is 7.80 Å². The van der Waals surface area contributed by atoms with Gasteiger partial charge in [-0.2, -0.15) is 0 Å². The molecule has 0 spiro atoms. The van der Waals surface area contributed by atoms with Crippen LogP contribution in [0.1, 0.15) is 52.7 Å². The summed E-state index contributed by atoms with van der Waals surface area (Å²) in [5, 5.41) is 0. The van der Waals surface area contributed by atoms with Crippen LogP contribution in [0.15, 0.2) is 48.5 Å². The van der Waals surface area contributed by atoms with Crippen LogP contribution in [0.2, 0.25) is 0 Å². The third-order valence-corrected chi connectivity index (χ3v) is 5.74. The highest BCUT2D eigenvalue weighted by atomic mass is 31.1. The van der Waals surface area contributed by atoms with E-state index in [0.717, 1.165) is 43.2 Å². The zero-order chi connectivity index (χ0) is 17.4. The van der Waals surface area contributed by atoms with E-state index in [2.05, 4.69) is 24.3 Å². The van der Waals surface area contributed by atoms with Gasteiger partial charge in [-0.1, -0.05) is 59.5 Å². The van der Waals surface area contributed by atoms with Crippen LogP contribution in [0.3, 0.4) is 0 Å². The van der Waals surface area contributed by atoms with Crippen LogP contribution in [0.4, 0.5) is 0 Å². The van der Waals surface area contributed by atoms with Gasteiger partial charge in [0.1, 0.15) is 0 Å². The molecule has 0 N–H and O–H groups in total. The van der Waals surface area contributed by atoms with Crippen LogP contribution in [0.5, 0.6) is 0 Å². The second-order valence-electron chi connectivity index (χ2n) is 6.32. The third-order valence-electron chi connectivity index (χ3n) is 4.34. The molecule has 24 heavy (non-hydrogen) atoms. The molecule has 0 aliphatic carbocycles. The van der Waals surface area contributed by atoms with Crippen LogP contribution in [0, 0.1) is 13.8 Å². The first kappa shape index (κ1) is 18.5. The van der Waals surface area contributed by atoms with Crippen molar-refractivity contribution in [3.05, 3.63) is 70.8 Å². The van der Waals surface area contributed by atoms with Crippen LogP contribution in [-0.4, -0.2) is 11.7 Å². The summed E-state index contributed by atoms with van der Waals surface area (Å²) in [4.78, 5) is 12.4. The van der Waals surface area contributed by atoms with Gasteiger partial charge in [-0.05, 0) is 56.2 Å². The standard InChI is InChI=1S/C21H26O2P/c1-17-11-10-12-18(2)20(17)21(22)24(23)16-9-4-3-6-13-19-14-7-5-8-15-19/h5,7-8,10-12,14-15H,3-4,6,9,13,16H2,1-2H3/q+1. The zero-order valence-electron chi connectivity index (χ0n) is 14.6. The lowest BCUT2D eigenvalue weighted by atomic mass is 10.0. The summed E-state index contributed by atoms with van der Waals surface area (Å²) >= 11 is 0. The quantitative estimate of drug-likeness (QED) is 0.409. The number of carbonyl (C=O) groups excluding carboxylic acids is 1. The molecule has 0 amide bonds. The fourth-order valence-corrected chi connectivity index (χ4v) is 4.28. The van der Waals surface area contributed by atoms with Crippen molar-refractivity contribution in [2.24, 2.45) is 0 Å². The maximum Gasteiger partial charge on any atom is 0.420 e. The molecule has 1 atom stereocenters. The highest BCUT2D eigenvalue weighted by Gasteiger charge is 2.31. The monoisotopic (exact) mass is 341 g/mol. The molecule has 0 saturated carbocycles. The zero-order valence-corrected chi connectivity index (χ0v) is 15.5. The Morgan fingerprint density at radius 2 is 1.46 bits per heavy atom. The van der Waals surface area contributed by atoms with E-state index in [1.54, 1.807) is 0 Å². The van der Waals surface area contributed by atoms with Gasteiger partial charge in [-0.3, -0.25) is 0 Å². The van der Waals surface area contributed by atoms with E-state index in [-0.39, 0.29) is 5.52 Å². The van der Waals surface area contributed by atoms with Crippen LogP contribution in [-0.2, 0) is 11.0 Å². The van der Waals surface area contributed by atoms with Crippen LogP contribution in [0.25, 0.3) is 0 Å². The van der Waals surface area contributed by atoms with Crippen molar-refractivity contribution < 1.29 is 9.36 Å². The molecule has 1 unspecified atom stereocenters. The number of carbonyl (C=O) groups is 1. The van der Waals surface area contributed by atoms with E-state index in [0.29, 0.717) is 11.7 Å². The summed E-state index contributed by atoms with van der Waals surface area (Å²) in [6.07, 6.45) is 5.76. The number of benzene rings is 2. The molecule has 126 valence electrons.